The molecule has 3 rings (SSSR count). The van der Waals surface area contributed by atoms with Crippen LogP contribution in [0.1, 0.15) is 18.9 Å². The molecule has 0 unspecified atom stereocenters. The van der Waals surface area contributed by atoms with Gasteiger partial charge in [0.2, 0.25) is 0 Å². The van der Waals surface area contributed by atoms with Gasteiger partial charge < -0.3 is 10.0 Å². The van der Waals surface area contributed by atoms with Crippen LogP contribution < -0.4 is 4.90 Å². The van der Waals surface area contributed by atoms with E-state index in [9.17, 15) is 5.11 Å². The molecule has 0 bridgehead atoms. The van der Waals surface area contributed by atoms with Crippen LogP contribution in [0.4, 0.5) is 5.82 Å². The Hall–Kier alpha value is -2.14. The third kappa shape index (κ3) is 2.83. The van der Waals surface area contributed by atoms with Gasteiger partial charge in [-0.1, -0.05) is 25.1 Å². The summed E-state index contributed by atoms with van der Waals surface area (Å²) in [4.78, 5) is 12.0. The molecule has 0 fully saturated rings. The smallest absolute Gasteiger partial charge is 0.141 e. The number of fused-ring (bicyclic) bond motifs is 1. The maximum absolute atomic E-state index is 9.99. The fourth-order valence-corrected chi connectivity index (χ4v) is 3.14. The third-order valence-corrected chi connectivity index (χ3v) is 4.21. The molecule has 0 aliphatic heterocycles. The van der Waals surface area contributed by atoms with Crippen molar-refractivity contribution >= 4 is 27.4 Å². The molecule has 4 nitrogen and oxygen atoms in total. The summed E-state index contributed by atoms with van der Waals surface area (Å²) in [5.74, 6) is 1.26. The van der Waals surface area contributed by atoms with Crippen LogP contribution in [0.25, 0.3) is 10.2 Å². The lowest BCUT2D eigenvalue weighted by molar-refractivity contribution is 0.467. The second-order valence-corrected chi connectivity index (χ2v) is 5.78. The normalized spacial score (nSPS) is 10.9. The summed E-state index contributed by atoms with van der Waals surface area (Å²) < 4.78 is 0. The lowest BCUT2D eigenvalue weighted by Gasteiger charge is -2.24. The van der Waals surface area contributed by atoms with E-state index in [0.29, 0.717) is 12.3 Å². The summed E-state index contributed by atoms with van der Waals surface area (Å²) in [6, 6.07) is 9.51. The van der Waals surface area contributed by atoms with Crippen LogP contribution in [-0.2, 0) is 6.54 Å². The van der Waals surface area contributed by atoms with Gasteiger partial charge in [-0.2, -0.15) is 0 Å². The van der Waals surface area contributed by atoms with Crippen LogP contribution in [0.5, 0.6) is 5.75 Å². The van der Waals surface area contributed by atoms with E-state index < -0.39 is 0 Å². The highest BCUT2D eigenvalue weighted by Crippen LogP contribution is 2.29. The second kappa shape index (κ2) is 6.10. The summed E-state index contributed by atoms with van der Waals surface area (Å²) in [5.41, 5.74) is 0.910. The standard InChI is InChI=1S/C16H17N3OS/c1-2-8-19(10-12-5-3-4-6-14(12)20)15-13-7-9-21-16(13)18-11-17-15/h3-7,9,11,20H,2,8,10H2,1H3. The minimum Gasteiger partial charge on any atom is -0.508 e. The molecule has 108 valence electrons. The Labute approximate surface area is 127 Å². The molecule has 0 saturated heterocycles. The number of aromatic nitrogens is 2. The van der Waals surface area contributed by atoms with Gasteiger partial charge in [0.25, 0.3) is 0 Å². The Morgan fingerprint density at radius 2 is 2.05 bits per heavy atom. The minimum atomic E-state index is 0.328. The van der Waals surface area contributed by atoms with Crippen molar-refractivity contribution in [3.05, 3.63) is 47.6 Å². The molecule has 1 aromatic carbocycles. The lowest BCUT2D eigenvalue weighted by Crippen LogP contribution is -2.24. The van der Waals surface area contributed by atoms with Crippen molar-refractivity contribution in [2.45, 2.75) is 19.9 Å². The van der Waals surface area contributed by atoms with Crippen LogP contribution in [0.3, 0.4) is 0 Å². The molecule has 0 radical (unpaired) electrons. The number of rotatable bonds is 5. The quantitative estimate of drug-likeness (QED) is 0.778. The highest BCUT2D eigenvalue weighted by molar-refractivity contribution is 7.16. The molecule has 1 N–H and O–H groups in total. The molecule has 0 saturated carbocycles. The number of aromatic hydroxyl groups is 1. The average Bonchev–Trinajstić information content (AvgIpc) is 2.97. The lowest BCUT2D eigenvalue weighted by atomic mass is 10.2. The molecular formula is C16H17N3OS. The summed E-state index contributed by atoms with van der Waals surface area (Å²) in [7, 11) is 0. The predicted octanol–water partition coefficient (Wildman–Crippen LogP) is 3.81. The number of anilines is 1. The van der Waals surface area contributed by atoms with Crippen molar-refractivity contribution in [2.75, 3.05) is 11.4 Å². The van der Waals surface area contributed by atoms with E-state index in [1.165, 1.54) is 0 Å². The number of hydrogen-bond donors (Lipinski definition) is 1. The van der Waals surface area contributed by atoms with Gasteiger partial charge >= 0.3 is 0 Å². The van der Waals surface area contributed by atoms with Crippen LogP contribution in [0.2, 0.25) is 0 Å². The molecule has 0 aliphatic carbocycles. The molecule has 3 aromatic rings. The second-order valence-electron chi connectivity index (χ2n) is 4.89. The monoisotopic (exact) mass is 299 g/mol. The Morgan fingerprint density at radius 1 is 1.19 bits per heavy atom. The number of phenolic OH excluding ortho intramolecular Hbond substituents is 1. The van der Waals surface area contributed by atoms with Crippen LogP contribution in [-0.4, -0.2) is 21.6 Å². The van der Waals surface area contributed by atoms with E-state index in [-0.39, 0.29) is 0 Å². The van der Waals surface area contributed by atoms with Gasteiger partial charge in [0, 0.05) is 18.7 Å². The Kier molecular flexibility index (Phi) is 4.01. The van der Waals surface area contributed by atoms with Gasteiger partial charge in [-0.3, -0.25) is 0 Å². The maximum Gasteiger partial charge on any atom is 0.141 e. The molecule has 0 spiro atoms. The van der Waals surface area contributed by atoms with E-state index >= 15 is 0 Å². The van der Waals surface area contributed by atoms with Gasteiger partial charge in [-0.25, -0.2) is 9.97 Å². The average molecular weight is 299 g/mol. The fraction of sp³-hybridized carbons (Fsp3) is 0.250. The zero-order valence-electron chi connectivity index (χ0n) is 11.9. The van der Waals surface area contributed by atoms with Crippen molar-refractivity contribution in [3.8, 4) is 5.75 Å². The molecule has 0 atom stereocenters. The van der Waals surface area contributed by atoms with E-state index in [1.807, 2.05) is 23.6 Å². The SMILES string of the molecule is CCCN(Cc1ccccc1O)c1ncnc2sccc12. The largest absolute Gasteiger partial charge is 0.508 e. The zero-order chi connectivity index (χ0) is 14.7. The first-order valence-corrected chi connectivity index (χ1v) is 7.87. The van der Waals surface area contributed by atoms with E-state index in [0.717, 1.165) is 34.6 Å². The fourth-order valence-electron chi connectivity index (χ4n) is 2.41. The van der Waals surface area contributed by atoms with Crippen molar-refractivity contribution in [3.63, 3.8) is 0 Å². The van der Waals surface area contributed by atoms with Gasteiger partial charge in [-0.15, -0.1) is 11.3 Å². The number of thiophene rings is 1. The summed E-state index contributed by atoms with van der Waals surface area (Å²) in [6.45, 7) is 3.67. The number of phenols is 1. The first-order valence-electron chi connectivity index (χ1n) is 6.99. The molecule has 2 heterocycles. The Bertz CT molecular complexity index is 741. The van der Waals surface area contributed by atoms with E-state index in [4.69, 9.17) is 0 Å². The molecule has 2 aromatic heterocycles. The predicted molar refractivity (Wildman–Crippen MR) is 86.9 cm³/mol. The number of hydrogen-bond acceptors (Lipinski definition) is 5. The van der Waals surface area contributed by atoms with Crippen molar-refractivity contribution in [2.24, 2.45) is 0 Å². The maximum atomic E-state index is 9.99. The van der Waals surface area contributed by atoms with E-state index in [1.54, 1.807) is 23.7 Å². The van der Waals surface area contributed by atoms with Crippen LogP contribution in [0.15, 0.2) is 42.0 Å². The van der Waals surface area contributed by atoms with Gasteiger partial charge in [-0.05, 0) is 23.9 Å². The summed E-state index contributed by atoms with van der Waals surface area (Å²) in [6.07, 6.45) is 2.63. The topological polar surface area (TPSA) is 49.2 Å². The molecular weight excluding hydrogens is 282 g/mol. The molecule has 5 heteroatoms. The van der Waals surface area contributed by atoms with Gasteiger partial charge in [0.15, 0.2) is 0 Å². The van der Waals surface area contributed by atoms with Crippen molar-refractivity contribution in [1.29, 1.82) is 0 Å². The van der Waals surface area contributed by atoms with Gasteiger partial charge in [0.1, 0.15) is 22.7 Å². The third-order valence-electron chi connectivity index (χ3n) is 3.39. The highest BCUT2D eigenvalue weighted by atomic mass is 32.1. The van der Waals surface area contributed by atoms with Crippen molar-refractivity contribution in [1.82, 2.24) is 9.97 Å². The van der Waals surface area contributed by atoms with E-state index in [2.05, 4.69) is 27.9 Å². The van der Waals surface area contributed by atoms with Crippen molar-refractivity contribution < 1.29 is 5.11 Å². The Balaban J connectivity index is 1.98. The van der Waals surface area contributed by atoms with Gasteiger partial charge in [0.05, 0.1) is 5.39 Å². The minimum absolute atomic E-state index is 0.328. The first-order chi connectivity index (χ1) is 10.3. The molecule has 0 amide bonds. The van der Waals surface area contributed by atoms with Crippen LogP contribution >= 0.6 is 11.3 Å². The Morgan fingerprint density at radius 3 is 2.86 bits per heavy atom. The number of nitrogens with zero attached hydrogens (tertiary/aromatic N) is 3. The molecule has 21 heavy (non-hydrogen) atoms. The highest BCUT2D eigenvalue weighted by Gasteiger charge is 2.14. The zero-order valence-corrected chi connectivity index (χ0v) is 12.7. The molecule has 0 aliphatic rings. The summed E-state index contributed by atoms with van der Waals surface area (Å²) >= 11 is 1.62. The number of benzene rings is 1. The van der Waals surface area contributed by atoms with Crippen LogP contribution in [0, 0.1) is 0 Å². The summed E-state index contributed by atoms with van der Waals surface area (Å²) in [5, 5.41) is 13.1. The number of para-hydroxylation sites is 1. The first kappa shape index (κ1) is 13.8.